The molecule has 2 heterocycles. The van der Waals surface area contributed by atoms with Gasteiger partial charge in [-0.3, -0.25) is 4.79 Å². The van der Waals surface area contributed by atoms with Crippen LogP contribution in [-0.2, 0) is 14.8 Å². The molecular formula is C11H11N3O3S2. The number of aromatic nitrogens is 1. The second-order valence-corrected chi connectivity index (χ2v) is 7.16. The predicted molar refractivity (Wildman–Crippen MR) is 71.4 cm³/mol. The van der Waals surface area contributed by atoms with Crippen molar-refractivity contribution in [1.29, 1.82) is 0 Å². The first-order valence-electron chi connectivity index (χ1n) is 5.71. The van der Waals surface area contributed by atoms with Crippen LogP contribution in [0.1, 0.15) is 0 Å². The van der Waals surface area contributed by atoms with E-state index in [9.17, 15) is 13.2 Å². The molecule has 0 atom stereocenters. The van der Waals surface area contributed by atoms with E-state index in [1.54, 1.807) is 12.1 Å². The first kappa shape index (κ1) is 12.5. The molecule has 100 valence electrons. The van der Waals surface area contributed by atoms with Crippen molar-refractivity contribution < 1.29 is 13.2 Å². The number of nitrogens with one attached hydrogen (secondary N) is 1. The maximum atomic E-state index is 12.4. The van der Waals surface area contributed by atoms with Crippen molar-refractivity contribution in [1.82, 2.24) is 14.6 Å². The van der Waals surface area contributed by atoms with Crippen LogP contribution in [0.25, 0.3) is 10.2 Å². The fourth-order valence-corrected chi connectivity index (χ4v) is 4.62. The van der Waals surface area contributed by atoms with Crippen LogP contribution in [0, 0.1) is 0 Å². The van der Waals surface area contributed by atoms with Gasteiger partial charge in [0.05, 0.1) is 16.8 Å². The van der Waals surface area contributed by atoms with Gasteiger partial charge < -0.3 is 5.32 Å². The monoisotopic (exact) mass is 297 g/mol. The summed E-state index contributed by atoms with van der Waals surface area (Å²) in [7, 11) is -3.82. The average molecular weight is 297 g/mol. The largest absolute Gasteiger partial charge is 0.307 e. The Labute approximate surface area is 114 Å². The standard InChI is InChI=1S/C11H11N3O3S2/c15-10-7-12-5-6-14(10)19(16,17)11-13-8-3-1-2-4-9(8)18-11/h1-4,12H,5-7H2. The minimum absolute atomic E-state index is 0.0241. The fourth-order valence-electron chi connectivity index (χ4n) is 1.90. The van der Waals surface area contributed by atoms with Crippen LogP contribution >= 0.6 is 11.3 Å². The number of carbonyl (C=O) groups is 1. The SMILES string of the molecule is O=C1CNCCN1S(=O)(=O)c1nc2ccccc2s1. The van der Waals surface area contributed by atoms with Gasteiger partial charge in [0.15, 0.2) is 0 Å². The number of thiazole rings is 1. The second kappa shape index (κ2) is 4.55. The molecule has 2 aromatic rings. The van der Waals surface area contributed by atoms with Crippen molar-refractivity contribution >= 4 is 37.5 Å². The van der Waals surface area contributed by atoms with E-state index in [0.717, 1.165) is 20.3 Å². The molecule has 3 rings (SSSR count). The van der Waals surface area contributed by atoms with E-state index in [0.29, 0.717) is 12.1 Å². The van der Waals surface area contributed by atoms with Crippen molar-refractivity contribution in [2.75, 3.05) is 19.6 Å². The number of nitrogens with zero attached hydrogens (tertiary/aromatic N) is 2. The number of hydrogen-bond donors (Lipinski definition) is 1. The molecule has 1 aromatic carbocycles. The van der Waals surface area contributed by atoms with Gasteiger partial charge in [-0.1, -0.05) is 12.1 Å². The normalized spacial score (nSPS) is 17.1. The number of para-hydroxylation sites is 1. The molecule has 19 heavy (non-hydrogen) atoms. The third kappa shape index (κ3) is 2.11. The molecule has 0 saturated carbocycles. The van der Waals surface area contributed by atoms with E-state index in [1.807, 2.05) is 12.1 Å². The van der Waals surface area contributed by atoms with Crippen LogP contribution in [0.2, 0.25) is 0 Å². The van der Waals surface area contributed by atoms with Gasteiger partial charge in [0.2, 0.25) is 10.2 Å². The zero-order valence-corrected chi connectivity index (χ0v) is 11.5. The van der Waals surface area contributed by atoms with Gasteiger partial charge in [0.1, 0.15) is 0 Å². The molecule has 0 radical (unpaired) electrons. The minimum atomic E-state index is -3.82. The predicted octanol–water partition coefficient (Wildman–Crippen LogP) is 0.417. The number of fused-ring (bicyclic) bond motifs is 1. The number of carbonyl (C=O) groups excluding carboxylic acids is 1. The smallest absolute Gasteiger partial charge is 0.293 e. The summed E-state index contributed by atoms with van der Waals surface area (Å²) in [6, 6.07) is 7.19. The summed E-state index contributed by atoms with van der Waals surface area (Å²) in [4.78, 5) is 15.8. The summed E-state index contributed by atoms with van der Waals surface area (Å²) >= 11 is 1.09. The van der Waals surface area contributed by atoms with E-state index in [1.165, 1.54) is 0 Å². The lowest BCUT2D eigenvalue weighted by molar-refractivity contribution is -0.126. The number of rotatable bonds is 2. The zero-order valence-electron chi connectivity index (χ0n) is 9.87. The Hall–Kier alpha value is -1.51. The Morgan fingerprint density at radius 3 is 2.84 bits per heavy atom. The average Bonchev–Trinajstić information content (AvgIpc) is 2.83. The highest BCUT2D eigenvalue weighted by Crippen LogP contribution is 2.27. The molecule has 1 saturated heterocycles. The molecule has 1 aromatic heterocycles. The van der Waals surface area contributed by atoms with Gasteiger partial charge in [-0.25, -0.2) is 9.29 Å². The zero-order chi connectivity index (χ0) is 13.5. The molecule has 1 aliphatic rings. The number of hydrogen-bond acceptors (Lipinski definition) is 6. The number of benzene rings is 1. The van der Waals surface area contributed by atoms with E-state index >= 15 is 0 Å². The topological polar surface area (TPSA) is 79.4 Å². The van der Waals surface area contributed by atoms with Crippen LogP contribution in [0.15, 0.2) is 28.6 Å². The number of amides is 1. The fraction of sp³-hybridized carbons (Fsp3) is 0.273. The van der Waals surface area contributed by atoms with Gasteiger partial charge >= 0.3 is 0 Å². The van der Waals surface area contributed by atoms with Crippen LogP contribution in [-0.4, -0.2) is 43.2 Å². The lowest BCUT2D eigenvalue weighted by Crippen LogP contribution is -2.50. The molecule has 0 aliphatic carbocycles. The van der Waals surface area contributed by atoms with Gasteiger partial charge in [-0.15, -0.1) is 11.3 Å². The summed E-state index contributed by atoms with van der Waals surface area (Å²) in [5.41, 5.74) is 0.633. The molecule has 0 unspecified atom stereocenters. The van der Waals surface area contributed by atoms with Gasteiger partial charge in [-0.2, -0.15) is 8.42 Å². The molecular weight excluding hydrogens is 286 g/mol. The third-order valence-corrected chi connectivity index (χ3v) is 6.04. The van der Waals surface area contributed by atoms with Gasteiger partial charge in [0, 0.05) is 13.1 Å². The Bertz CT molecular complexity index is 705. The highest BCUT2D eigenvalue weighted by Gasteiger charge is 2.33. The first-order chi connectivity index (χ1) is 9.09. The molecule has 6 nitrogen and oxygen atoms in total. The molecule has 1 fully saturated rings. The van der Waals surface area contributed by atoms with E-state index in [2.05, 4.69) is 10.3 Å². The Balaban J connectivity index is 2.06. The molecule has 1 aliphatic heterocycles. The van der Waals surface area contributed by atoms with E-state index in [4.69, 9.17) is 0 Å². The maximum absolute atomic E-state index is 12.4. The molecule has 0 bridgehead atoms. The van der Waals surface area contributed by atoms with Gasteiger partial charge in [0.25, 0.3) is 10.0 Å². The molecule has 1 amide bonds. The van der Waals surface area contributed by atoms with Crippen molar-refractivity contribution in [2.24, 2.45) is 0 Å². The van der Waals surface area contributed by atoms with Crippen molar-refractivity contribution in [3.05, 3.63) is 24.3 Å². The Morgan fingerprint density at radius 1 is 1.32 bits per heavy atom. The van der Waals surface area contributed by atoms with Crippen molar-refractivity contribution in [2.45, 2.75) is 4.34 Å². The second-order valence-electron chi connectivity index (χ2n) is 4.10. The van der Waals surface area contributed by atoms with Crippen LogP contribution in [0.5, 0.6) is 0 Å². The maximum Gasteiger partial charge on any atom is 0.293 e. The summed E-state index contributed by atoms with van der Waals surface area (Å²) in [6.07, 6.45) is 0. The van der Waals surface area contributed by atoms with Crippen molar-refractivity contribution in [3.63, 3.8) is 0 Å². The summed E-state index contributed by atoms with van der Waals surface area (Å²) < 4.78 is 26.5. The molecule has 0 spiro atoms. The summed E-state index contributed by atoms with van der Waals surface area (Å²) in [5.74, 6) is -0.439. The number of sulfonamides is 1. The Morgan fingerprint density at radius 2 is 2.11 bits per heavy atom. The summed E-state index contributed by atoms with van der Waals surface area (Å²) in [5, 5.41) is 2.84. The quantitative estimate of drug-likeness (QED) is 0.869. The highest BCUT2D eigenvalue weighted by molar-refractivity contribution is 7.91. The highest BCUT2D eigenvalue weighted by atomic mass is 32.2. The van der Waals surface area contributed by atoms with Gasteiger partial charge in [-0.05, 0) is 12.1 Å². The van der Waals surface area contributed by atoms with Crippen LogP contribution < -0.4 is 5.32 Å². The first-order valence-corrected chi connectivity index (χ1v) is 7.96. The van der Waals surface area contributed by atoms with Crippen LogP contribution in [0.3, 0.4) is 0 Å². The third-order valence-electron chi connectivity index (χ3n) is 2.83. The lowest BCUT2D eigenvalue weighted by Gasteiger charge is -2.25. The van der Waals surface area contributed by atoms with Crippen LogP contribution in [0.4, 0.5) is 0 Å². The molecule has 1 N–H and O–H groups in total. The minimum Gasteiger partial charge on any atom is -0.307 e. The van der Waals surface area contributed by atoms with E-state index < -0.39 is 15.9 Å². The number of piperazine rings is 1. The Kier molecular flexibility index (Phi) is 3.00. The van der Waals surface area contributed by atoms with Crippen molar-refractivity contribution in [3.8, 4) is 0 Å². The van der Waals surface area contributed by atoms with E-state index in [-0.39, 0.29) is 17.4 Å². The molecule has 8 heteroatoms. The lowest BCUT2D eigenvalue weighted by atomic mass is 10.3. The summed E-state index contributed by atoms with van der Waals surface area (Å²) in [6.45, 7) is 0.664.